The number of ether oxygens (including phenoxy) is 3. The Labute approximate surface area is 161 Å². The van der Waals surface area contributed by atoms with Crippen LogP contribution in [0, 0.1) is 0 Å². The van der Waals surface area contributed by atoms with Crippen molar-refractivity contribution in [1.29, 1.82) is 0 Å². The molecule has 5 N–H and O–H groups in total. The number of hydrogen-bond donors (Lipinski definition) is 5. The van der Waals surface area contributed by atoms with Crippen LogP contribution in [-0.4, -0.2) is 107 Å². The zero-order chi connectivity index (χ0) is 21.4. The molecule has 0 spiro atoms. The minimum atomic E-state index is -5.17. The lowest BCUT2D eigenvalue weighted by Crippen LogP contribution is -2.77. The van der Waals surface area contributed by atoms with E-state index >= 15 is 0 Å². The SMILES string of the molecule is CN[C@@H]1[C@H](O)[C@H](NC)[C@H]2O[C@@]3(O)C(=O)C[C@@H](C)O[C@H]3O[C@@H]2[C@H]1O.O=S(=O)([O-])[O-]. The summed E-state index contributed by atoms with van der Waals surface area (Å²) in [7, 11) is -1.93. The standard InChI is InChI=1S/C14H24N2O7.H2O4S/c1-5-4-6(17)14(20)13(21-5)22-12-10(19)7(15-2)9(18)8(16-3)11(12)23-14;1-5(2,3)4/h5,7-13,15-16,18-20H,4H2,1-3H3;(H2,1,2,3,4)/p-2/t5-,7-,8+,9+,10+,11-,12-,13+,14+;/m1./s1. The number of nitrogens with one attached hydrogen (secondary N) is 2. The predicted molar refractivity (Wildman–Crippen MR) is 86.8 cm³/mol. The Hall–Kier alpha value is -0.780. The van der Waals surface area contributed by atoms with Crippen LogP contribution in [0.1, 0.15) is 13.3 Å². The van der Waals surface area contributed by atoms with Gasteiger partial charge in [-0.1, -0.05) is 0 Å². The first-order valence-corrected chi connectivity index (χ1v) is 9.78. The molecule has 3 aliphatic rings. The molecule has 13 nitrogen and oxygen atoms in total. The molecule has 0 aromatic rings. The summed E-state index contributed by atoms with van der Waals surface area (Å²) in [6.45, 7) is 1.70. The van der Waals surface area contributed by atoms with Crippen LogP contribution in [0.2, 0.25) is 0 Å². The van der Waals surface area contributed by atoms with Crippen LogP contribution in [0.15, 0.2) is 0 Å². The van der Waals surface area contributed by atoms with Crippen LogP contribution in [0.25, 0.3) is 0 Å². The molecule has 0 unspecified atom stereocenters. The van der Waals surface area contributed by atoms with Crippen LogP contribution in [-0.2, 0) is 29.4 Å². The lowest BCUT2D eigenvalue weighted by atomic mass is 9.80. The number of ketones is 1. The molecule has 1 aliphatic carbocycles. The fourth-order valence-electron chi connectivity index (χ4n) is 3.68. The number of carbonyl (C=O) groups excluding carboxylic acids is 1. The summed E-state index contributed by atoms with van der Waals surface area (Å²) in [6.07, 6.45) is -5.58. The summed E-state index contributed by atoms with van der Waals surface area (Å²) in [6, 6.07) is -1.29. The van der Waals surface area contributed by atoms with Gasteiger partial charge < -0.3 is 49.3 Å². The Morgan fingerprint density at radius 2 is 1.61 bits per heavy atom. The summed E-state index contributed by atoms with van der Waals surface area (Å²) < 4.78 is 50.9. The maximum Gasteiger partial charge on any atom is 0.280 e. The minimum Gasteiger partial charge on any atom is -0.759 e. The molecule has 0 bridgehead atoms. The lowest BCUT2D eigenvalue weighted by Gasteiger charge is -2.55. The molecule has 1 saturated carbocycles. The summed E-state index contributed by atoms with van der Waals surface area (Å²) >= 11 is 0. The zero-order valence-corrected chi connectivity index (χ0v) is 16.2. The van der Waals surface area contributed by atoms with E-state index in [9.17, 15) is 20.1 Å². The third-order valence-corrected chi connectivity index (χ3v) is 4.93. The van der Waals surface area contributed by atoms with Crippen LogP contribution >= 0.6 is 0 Å². The van der Waals surface area contributed by atoms with Crippen LogP contribution in [0.3, 0.4) is 0 Å². The van der Waals surface area contributed by atoms with Gasteiger partial charge in [-0.25, -0.2) is 0 Å². The van der Waals surface area contributed by atoms with Crippen molar-refractivity contribution in [1.82, 2.24) is 10.6 Å². The van der Waals surface area contributed by atoms with E-state index in [1.54, 1.807) is 21.0 Å². The van der Waals surface area contributed by atoms with Gasteiger partial charge in [-0.05, 0) is 21.0 Å². The second kappa shape index (κ2) is 8.53. The maximum absolute atomic E-state index is 12.2. The second-order valence-corrected chi connectivity index (χ2v) is 7.62. The van der Waals surface area contributed by atoms with Crippen molar-refractivity contribution in [3.05, 3.63) is 0 Å². The summed E-state index contributed by atoms with van der Waals surface area (Å²) in [5.41, 5.74) is 0. The van der Waals surface area contributed by atoms with Gasteiger partial charge in [0.15, 0.2) is 5.78 Å². The van der Waals surface area contributed by atoms with Crippen LogP contribution < -0.4 is 10.6 Å². The molecule has 3 fully saturated rings. The molecule has 28 heavy (non-hydrogen) atoms. The van der Waals surface area contributed by atoms with E-state index in [0.29, 0.717) is 0 Å². The number of aliphatic hydroxyl groups is 3. The molecule has 2 aliphatic heterocycles. The third-order valence-electron chi connectivity index (χ3n) is 4.93. The summed E-state index contributed by atoms with van der Waals surface area (Å²) in [4.78, 5) is 12.2. The number of Topliss-reactive ketones (excluding diaryl/α,β-unsaturated/α-hetero) is 1. The van der Waals surface area contributed by atoms with Crippen molar-refractivity contribution >= 4 is 16.2 Å². The van der Waals surface area contributed by atoms with E-state index in [-0.39, 0.29) is 6.42 Å². The molecule has 9 atom stereocenters. The highest BCUT2D eigenvalue weighted by atomic mass is 32.3. The lowest BCUT2D eigenvalue weighted by molar-refractivity contribution is -0.420. The van der Waals surface area contributed by atoms with Crippen LogP contribution in [0.4, 0.5) is 0 Å². The molecule has 3 rings (SSSR count). The fraction of sp³-hybridized carbons (Fsp3) is 0.929. The first kappa shape index (κ1) is 23.5. The Morgan fingerprint density at radius 3 is 2.11 bits per heavy atom. The first-order valence-electron chi connectivity index (χ1n) is 8.45. The third kappa shape index (κ3) is 4.68. The molecule has 0 aromatic heterocycles. The van der Waals surface area contributed by atoms with Gasteiger partial charge in [0.2, 0.25) is 6.29 Å². The number of hydrogen-bond acceptors (Lipinski definition) is 13. The van der Waals surface area contributed by atoms with Crippen molar-refractivity contribution in [2.24, 2.45) is 0 Å². The number of carbonyl (C=O) groups is 1. The van der Waals surface area contributed by atoms with Gasteiger partial charge in [-0.3, -0.25) is 13.2 Å². The van der Waals surface area contributed by atoms with Gasteiger partial charge in [0, 0.05) is 16.8 Å². The molecule has 0 aromatic carbocycles. The second-order valence-electron chi connectivity index (χ2n) is 6.80. The van der Waals surface area contributed by atoms with E-state index in [0.717, 1.165) is 0 Å². The first-order chi connectivity index (χ1) is 12.8. The number of rotatable bonds is 2. The van der Waals surface area contributed by atoms with Crippen LogP contribution in [0.5, 0.6) is 0 Å². The fourth-order valence-corrected chi connectivity index (χ4v) is 3.68. The molecule has 14 heteroatoms. The van der Waals surface area contributed by atoms with Gasteiger partial charge >= 0.3 is 0 Å². The monoisotopic (exact) mass is 428 g/mol. The van der Waals surface area contributed by atoms with E-state index in [2.05, 4.69) is 10.6 Å². The minimum absolute atomic E-state index is 0.00220. The highest BCUT2D eigenvalue weighted by Gasteiger charge is 2.63. The van der Waals surface area contributed by atoms with Gasteiger partial charge in [-0.2, -0.15) is 0 Å². The van der Waals surface area contributed by atoms with E-state index in [1.165, 1.54) is 0 Å². The van der Waals surface area contributed by atoms with E-state index in [1.807, 2.05) is 0 Å². The van der Waals surface area contributed by atoms with Gasteiger partial charge in [0.1, 0.15) is 18.3 Å². The number of likely N-dealkylation sites (N-methyl/N-ethyl adjacent to an activating group) is 2. The summed E-state index contributed by atoms with van der Waals surface area (Å²) in [5.74, 6) is -2.76. The number of aliphatic hydroxyl groups excluding tert-OH is 2. The molecule has 0 radical (unpaired) electrons. The predicted octanol–water partition coefficient (Wildman–Crippen LogP) is -4.26. The zero-order valence-electron chi connectivity index (χ0n) is 15.3. The smallest absolute Gasteiger partial charge is 0.280 e. The van der Waals surface area contributed by atoms with E-state index < -0.39 is 70.9 Å². The topological polar surface area (TPSA) is 210 Å². The molecule has 2 heterocycles. The highest BCUT2D eigenvalue weighted by Crippen LogP contribution is 2.40. The molecule has 0 amide bonds. The average molecular weight is 428 g/mol. The summed E-state index contributed by atoms with van der Waals surface area (Å²) in [5, 5.41) is 37.2. The average Bonchev–Trinajstić information content (AvgIpc) is 2.55. The number of fused-ring (bicyclic) bond motifs is 2. The maximum atomic E-state index is 12.2. The van der Waals surface area contributed by atoms with E-state index in [4.69, 9.17) is 31.7 Å². The largest absolute Gasteiger partial charge is 0.759 e. The molecule has 164 valence electrons. The quantitative estimate of drug-likeness (QED) is 0.209. The molecular weight excluding hydrogens is 404 g/mol. The van der Waals surface area contributed by atoms with Gasteiger partial charge in [-0.15, -0.1) is 0 Å². The molecular formula is C14H24N2O11S-2. The van der Waals surface area contributed by atoms with Crippen molar-refractivity contribution in [2.75, 3.05) is 14.1 Å². The highest BCUT2D eigenvalue weighted by molar-refractivity contribution is 7.79. The van der Waals surface area contributed by atoms with Gasteiger partial charge in [0.25, 0.3) is 5.79 Å². The Morgan fingerprint density at radius 1 is 1.07 bits per heavy atom. The van der Waals surface area contributed by atoms with Gasteiger partial charge in [0.05, 0.1) is 24.3 Å². The van der Waals surface area contributed by atoms with Crippen molar-refractivity contribution < 1.29 is 51.8 Å². The molecule has 2 saturated heterocycles. The van der Waals surface area contributed by atoms with Crippen molar-refractivity contribution in [3.8, 4) is 0 Å². The van der Waals surface area contributed by atoms with Crippen molar-refractivity contribution in [2.45, 2.75) is 68.0 Å². The Kier molecular flexibility index (Phi) is 7.16. The normalized spacial score (nSPS) is 46.1. The van der Waals surface area contributed by atoms with Crippen molar-refractivity contribution in [3.63, 3.8) is 0 Å². The Balaban J connectivity index is 0.000000500. The Bertz CT molecular complexity index is 668.